The summed E-state index contributed by atoms with van der Waals surface area (Å²) >= 11 is 0. The molecule has 9 nitrogen and oxygen atoms in total. The van der Waals surface area contributed by atoms with Crippen molar-refractivity contribution in [3.63, 3.8) is 0 Å². The van der Waals surface area contributed by atoms with Gasteiger partial charge in [0.1, 0.15) is 12.3 Å². The van der Waals surface area contributed by atoms with Gasteiger partial charge in [0.05, 0.1) is 19.8 Å². The zero-order valence-electron chi connectivity index (χ0n) is 14.7. The molecule has 0 saturated carbocycles. The SMILES string of the molecule is COC(=O)c1ccc(NC(=O)Cn2nnc(-c3cccc(OC)c3)n2)cc1. The minimum absolute atomic E-state index is 0.101. The first-order valence-electron chi connectivity index (χ1n) is 7.99. The van der Waals surface area contributed by atoms with E-state index in [2.05, 4.69) is 25.5 Å². The van der Waals surface area contributed by atoms with Gasteiger partial charge in [-0.2, -0.15) is 4.80 Å². The maximum atomic E-state index is 12.2. The van der Waals surface area contributed by atoms with Crippen LogP contribution in [0.4, 0.5) is 5.69 Å². The molecule has 0 fully saturated rings. The average Bonchev–Trinajstić information content (AvgIpc) is 3.16. The lowest BCUT2D eigenvalue weighted by atomic mass is 10.2. The zero-order valence-corrected chi connectivity index (χ0v) is 14.7. The summed E-state index contributed by atoms with van der Waals surface area (Å²) in [6, 6.07) is 13.6. The number of ether oxygens (including phenoxy) is 2. The van der Waals surface area contributed by atoms with Crippen molar-refractivity contribution in [2.75, 3.05) is 19.5 Å². The molecule has 0 aliphatic carbocycles. The van der Waals surface area contributed by atoms with Crippen molar-refractivity contribution in [2.24, 2.45) is 0 Å². The van der Waals surface area contributed by atoms with E-state index in [1.54, 1.807) is 37.4 Å². The molecule has 138 valence electrons. The number of anilines is 1. The molecule has 0 radical (unpaired) electrons. The Morgan fingerprint density at radius 1 is 1.11 bits per heavy atom. The van der Waals surface area contributed by atoms with Crippen molar-refractivity contribution >= 4 is 17.6 Å². The lowest BCUT2D eigenvalue weighted by Crippen LogP contribution is -2.20. The van der Waals surface area contributed by atoms with Crippen LogP contribution < -0.4 is 10.1 Å². The molecule has 1 heterocycles. The van der Waals surface area contributed by atoms with Crippen LogP contribution in [-0.2, 0) is 16.1 Å². The maximum absolute atomic E-state index is 12.2. The van der Waals surface area contributed by atoms with Crippen molar-refractivity contribution in [2.45, 2.75) is 6.54 Å². The molecule has 0 spiro atoms. The summed E-state index contributed by atoms with van der Waals surface area (Å²) in [7, 11) is 2.88. The van der Waals surface area contributed by atoms with Crippen LogP contribution in [0.3, 0.4) is 0 Å². The Balaban J connectivity index is 1.63. The zero-order chi connectivity index (χ0) is 19.2. The van der Waals surface area contributed by atoms with Crippen LogP contribution >= 0.6 is 0 Å². The van der Waals surface area contributed by atoms with Crippen LogP contribution in [0, 0.1) is 0 Å². The molecule has 3 aromatic rings. The van der Waals surface area contributed by atoms with Crippen LogP contribution in [0.25, 0.3) is 11.4 Å². The van der Waals surface area contributed by atoms with Crippen molar-refractivity contribution in [3.8, 4) is 17.1 Å². The fourth-order valence-electron chi connectivity index (χ4n) is 2.32. The van der Waals surface area contributed by atoms with Gasteiger partial charge in [-0.3, -0.25) is 4.79 Å². The summed E-state index contributed by atoms with van der Waals surface area (Å²) < 4.78 is 9.80. The third-order valence-corrected chi connectivity index (χ3v) is 3.66. The molecule has 0 saturated heterocycles. The van der Waals surface area contributed by atoms with Crippen LogP contribution in [0.15, 0.2) is 48.5 Å². The fraction of sp³-hybridized carbons (Fsp3) is 0.167. The van der Waals surface area contributed by atoms with Gasteiger partial charge < -0.3 is 14.8 Å². The van der Waals surface area contributed by atoms with E-state index in [0.717, 1.165) is 5.56 Å². The van der Waals surface area contributed by atoms with E-state index in [4.69, 9.17) is 4.74 Å². The van der Waals surface area contributed by atoms with Gasteiger partial charge in [0.25, 0.3) is 0 Å². The van der Waals surface area contributed by atoms with Crippen molar-refractivity contribution in [3.05, 3.63) is 54.1 Å². The highest BCUT2D eigenvalue weighted by Crippen LogP contribution is 2.19. The molecule has 2 aromatic carbocycles. The van der Waals surface area contributed by atoms with E-state index < -0.39 is 5.97 Å². The van der Waals surface area contributed by atoms with Crippen molar-refractivity contribution in [1.29, 1.82) is 0 Å². The molecule has 0 aliphatic heterocycles. The summed E-state index contributed by atoms with van der Waals surface area (Å²) in [4.78, 5) is 24.8. The molecule has 1 N–H and O–H groups in total. The summed E-state index contributed by atoms with van der Waals surface area (Å²) in [5.41, 5.74) is 1.68. The highest BCUT2D eigenvalue weighted by molar-refractivity contribution is 5.92. The maximum Gasteiger partial charge on any atom is 0.337 e. The first kappa shape index (κ1) is 18.1. The molecule has 0 aliphatic rings. The number of carbonyl (C=O) groups is 2. The lowest BCUT2D eigenvalue weighted by Gasteiger charge is -2.05. The van der Waals surface area contributed by atoms with Crippen LogP contribution in [0.5, 0.6) is 5.75 Å². The van der Waals surface area contributed by atoms with Crippen molar-refractivity contribution < 1.29 is 19.1 Å². The number of hydrogen-bond acceptors (Lipinski definition) is 7. The van der Waals surface area contributed by atoms with E-state index in [-0.39, 0.29) is 12.5 Å². The number of nitrogens with zero attached hydrogens (tertiary/aromatic N) is 4. The van der Waals surface area contributed by atoms with Crippen molar-refractivity contribution in [1.82, 2.24) is 20.2 Å². The monoisotopic (exact) mass is 367 g/mol. The van der Waals surface area contributed by atoms with Gasteiger partial charge in [-0.25, -0.2) is 4.79 Å². The van der Waals surface area contributed by atoms with Crippen LogP contribution in [0.2, 0.25) is 0 Å². The van der Waals surface area contributed by atoms with Gasteiger partial charge in [-0.15, -0.1) is 10.2 Å². The minimum atomic E-state index is -0.440. The molecule has 27 heavy (non-hydrogen) atoms. The van der Waals surface area contributed by atoms with E-state index >= 15 is 0 Å². The third-order valence-electron chi connectivity index (χ3n) is 3.66. The van der Waals surface area contributed by atoms with Gasteiger partial charge in [-0.05, 0) is 41.6 Å². The first-order chi connectivity index (χ1) is 13.1. The first-order valence-corrected chi connectivity index (χ1v) is 7.99. The quantitative estimate of drug-likeness (QED) is 0.662. The Bertz CT molecular complexity index is 952. The molecular weight excluding hydrogens is 350 g/mol. The third kappa shape index (κ3) is 4.46. The molecule has 0 unspecified atom stereocenters. The average molecular weight is 367 g/mol. The number of esters is 1. The Hall–Kier alpha value is -3.75. The number of tetrazole rings is 1. The summed E-state index contributed by atoms with van der Waals surface area (Å²) in [5, 5.41) is 14.8. The Labute approximate surface area is 154 Å². The number of amides is 1. The summed E-state index contributed by atoms with van der Waals surface area (Å²) in [5.74, 6) is 0.307. The summed E-state index contributed by atoms with van der Waals surface area (Å²) in [6.45, 7) is -0.101. The smallest absolute Gasteiger partial charge is 0.337 e. The Morgan fingerprint density at radius 2 is 1.89 bits per heavy atom. The van der Waals surface area contributed by atoms with Crippen LogP contribution in [-0.4, -0.2) is 46.3 Å². The molecule has 0 atom stereocenters. The van der Waals surface area contributed by atoms with E-state index in [1.165, 1.54) is 11.9 Å². The molecule has 1 amide bonds. The standard InChI is InChI=1S/C18H17N5O4/c1-26-15-5-3-4-13(10-15)17-20-22-23(21-17)11-16(24)19-14-8-6-12(7-9-14)18(25)27-2/h3-10H,11H2,1-2H3,(H,19,24). The highest BCUT2D eigenvalue weighted by atomic mass is 16.5. The Morgan fingerprint density at radius 3 is 2.59 bits per heavy atom. The molecule has 1 aromatic heterocycles. The number of carbonyl (C=O) groups excluding carboxylic acids is 2. The normalized spacial score (nSPS) is 10.3. The molecule has 0 bridgehead atoms. The number of hydrogen-bond donors (Lipinski definition) is 1. The topological polar surface area (TPSA) is 108 Å². The second-order valence-electron chi connectivity index (χ2n) is 5.49. The van der Waals surface area contributed by atoms with E-state index in [0.29, 0.717) is 22.8 Å². The van der Waals surface area contributed by atoms with Crippen LogP contribution in [0.1, 0.15) is 10.4 Å². The number of methoxy groups -OCH3 is 2. The second kappa shape index (κ2) is 8.09. The number of benzene rings is 2. The molecule has 3 rings (SSSR count). The predicted molar refractivity (Wildman–Crippen MR) is 96.2 cm³/mol. The van der Waals surface area contributed by atoms with Gasteiger partial charge in [-0.1, -0.05) is 12.1 Å². The van der Waals surface area contributed by atoms with Gasteiger partial charge in [0.2, 0.25) is 11.7 Å². The number of nitrogens with one attached hydrogen (secondary N) is 1. The highest BCUT2D eigenvalue weighted by Gasteiger charge is 2.11. The number of rotatable bonds is 6. The summed E-state index contributed by atoms with van der Waals surface area (Å²) in [6.07, 6.45) is 0. The van der Waals surface area contributed by atoms with Gasteiger partial charge >= 0.3 is 5.97 Å². The minimum Gasteiger partial charge on any atom is -0.497 e. The largest absolute Gasteiger partial charge is 0.497 e. The lowest BCUT2D eigenvalue weighted by molar-refractivity contribution is -0.117. The predicted octanol–water partition coefficient (Wildman–Crippen LogP) is 1.77. The fourth-order valence-corrected chi connectivity index (χ4v) is 2.32. The molecule has 9 heteroatoms. The second-order valence-corrected chi connectivity index (χ2v) is 5.49. The Kier molecular flexibility index (Phi) is 5.41. The molecular formula is C18H17N5O4. The van der Waals surface area contributed by atoms with E-state index in [1.807, 2.05) is 18.2 Å². The van der Waals surface area contributed by atoms with Gasteiger partial charge in [0.15, 0.2) is 0 Å². The van der Waals surface area contributed by atoms with Gasteiger partial charge in [0, 0.05) is 11.3 Å². The number of aromatic nitrogens is 4. The van der Waals surface area contributed by atoms with E-state index in [9.17, 15) is 9.59 Å².